The van der Waals surface area contributed by atoms with Gasteiger partial charge in [-0.3, -0.25) is 9.00 Å². The SMILES string of the molecule is CCS(=O)C(C)C(=O)c1ccc(C)c(C)c1. The lowest BCUT2D eigenvalue weighted by molar-refractivity contribution is 0.0992. The van der Waals surface area contributed by atoms with Crippen molar-refractivity contribution in [2.75, 3.05) is 5.75 Å². The second-order valence-corrected chi connectivity index (χ2v) is 6.02. The number of carbonyl (C=O) groups excluding carboxylic acids is 1. The fourth-order valence-electron chi connectivity index (χ4n) is 1.50. The molecule has 3 heteroatoms. The zero-order valence-electron chi connectivity index (χ0n) is 10.2. The number of hydrogen-bond acceptors (Lipinski definition) is 2. The van der Waals surface area contributed by atoms with Crippen LogP contribution in [0.1, 0.15) is 35.3 Å². The molecule has 0 saturated heterocycles. The maximum Gasteiger partial charge on any atom is 0.178 e. The lowest BCUT2D eigenvalue weighted by Crippen LogP contribution is -2.23. The largest absolute Gasteiger partial charge is 0.293 e. The van der Waals surface area contributed by atoms with Crippen LogP contribution in [-0.2, 0) is 10.8 Å². The van der Waals surface area contributed by atoms with Crippen LogP contribution in [0.25, 0.3) is 0 Å². The van der Waals surface area contributed by atoms with Crippen LogP contribution in [-0.4, -0.2) is 21.0 Å². The van der Waals surface area contributed by atoms with E-state index in [0.717, 1.165) is 5.56 Å². The molecular formula is C13H18O2S. The summed E-state index contributed by atoms with van der Waals surface area (Å²) < 4.78 is 11.6. The molecule has 0 saturated carbocycles. The molecule has 1 aromatic rings. The third-order valence-corrected chi connectivity index (χ3v) is 4.41. The van der Waals surface area contributed by atoms with Gasteiger partial charge in [-0.05, 0) is 38.0 Å². The van der Waals surface area contributed by atoms with Gasteiger partial charge in [-0.25, -0.2) is 0 Å². The van der Waals surface area contributed by atoms with Gasteiger partial charge < -0.3 is 0 Å². The second-order valence-electron chi connectivity index (χ2n) is 3.97. The van der Waals surface area contributed by atoms with E-state index in [1.165, 1.54) is 5.56 Å². The van der Waals surface area contributed by atoms with E-state index in [0.29, 0.717) is 11.3 Å². The molecule has 0 aliphatic carbocycles. The highest BCUT2D eigenvalue weighted by Gasteiger charge is 2.20. The van der Waals surface area contributed by atoms with E-state index in [-0.39, 0.29) is 5.78 Å². The molecular weight excluding hydrogens is 220 g/mol. The summed E-state index contributed by atoms with van der Waals surface area (Å²) in [5.41, 5.74) is 2.93. The van der Waals surface area contributed by atoms with Gasteiger partial charge in [0.1, 0.15) is 0 Å². The molecule has 0 amide bonds. The molecule has 88 valence electrons. The van der Waals surface area contributed by atoms with E-state index in [1.54, 1.807) is 6.92 Å². The smallest absolute Gasteiger partial charge is 0.178 e. The van der Waals surface area contributed by atoms with Crippen LogP contribution < -0.4 is 0 Å². The van der Waals surface area contributed by atoms with Crippen LogP contribution in [0.15, 0.2) is 18.2 Å². The third-order valence-electron chi connectivity index (χ3n) is 2.84. The molecule has 0 bridgehead atoms. The summed E-state index contributed by atoms with van der Waals surface area (Å²) in [6, 6.07) is 5.62. The highest BCUT2D eigenvalue weighted by molar-refractivity contribution is 7.86. The van der Waals surface area contributed by atoms with Crippen molar-refractivity contribution in [3.8, 4) is 0 Å². The maximum atomic E-state index is 12.0. The Morgan fingerprint density at radius 1 is 1.31 bits per heavy atom. The van der Waals surface area contributed by atoms with E-state index in [4.69, 9.17) is 0 Å². The van der Waals surface area contributed by atoms with Crippen LogP contribution in [0.5, 0.6) is 0 Å². The number of hydrogen-bond donors (Lipinski definition) is 0. The molecule has 0 aromatic heterocycles. The van der Waals surface area contributed by atoms with Crippen LogP contribution in [0.4, 0.5) is 0 Å². The summed E-state index contributed by atoms with van der Waals surface area (Å²) in [6.45, 7) is 7.56. The van der Waals surface area contributed by atoms with Crippen molar-refractivity contribution in [2.45, 2.75) is 32.9 Å². The van der Waals surface area contributed by atoms with Crippen LogP contribution in [0.3, 0.4) is 0 Å². The minimum atomic E-state index is -1.06. The minimum Gasteiger partial charge on any atom is -0.293 e. The van der Waals surface area contributed by atoms with Gasteiger partial charge >= 0.3 is 0 Å². The van der Waals surface area contributed by atoms with Crippen molar-refractivity contribution in [2.24, 2.45) is 0 Å². The average Bonchev–Trinajstić information content (AvgIpc) is 2.29. The molecule has 2 nitrogen and oxygen atoms in total. The van der Waals surface area contributed by atoms with Gasteiger partial charge in [-0.15, -0.1) is 0 Å². The van der Waals surface area contributed by atoms with Crippen molar-refractivity contribution in [3.05, 3.63) is 34.9 Å². The van der Waals surface area contributed by atoms with Crippen molar-refractivity contribution in [1.82, 2.24) is 0 Å². The topological polar surface area (TPSA) is 34.1 Å². The van der Waals surface area contributed by atoms with Gasteiger partial charge in [0.25, 0.3) is 0 Å². The quantitative estimate of drug-likeness (QED) is 0.756. The van der Waals surface area contributed by atoms with E-state index in [1.807, 2.05) is 39.0 Å². The lowest BCUT2D eigenvalue weighted by atomic mass is 10.0. The van der Waals surface area contributed by atoms with Crippen molar-refractivity contribution in [3.63, 3.8) is 0 Å². The molecule has 0 fully saturated rings. The Morgan fingerprint density at radius 3 is 2.44 bits per heavy atom. The predicted molar refractivity (Wildman–Crippen MR) is 68.4 cm³/mol. The van der Waals surface area contributed by atoms with Crippen LogP contribution in [0, 0.1) is 13.8 Å². The van der Waals surface area contributed by atoms with Gasteiger partial charge in [-0.2, -0.15) is 0 Å². The lowest BCUT2D eigenvalue weighted by Gasteiger charge is -2.10. The fourth-order valence-corrected chi connectivity index (χ4v) is 2.37. The molecule has 1 aromatic carbocycles. The van der Waals surface area contributed by atoms with Crippen LogP contribution >= 0.6 is 0 Å². The molecule has 2 atom stereocenters. The first-order valence-electron chi connectivity index (χ1n) is 5.46. The normalized spacial score (nSPS) is 14.5. The summed E-state index contributed by atoms with van der Waals surface area (Å²) in [5.74, 6) is 0.501. The van der Waals surface area contributed by atoms with Crippen LogP contribution in [0.2, 0.25) is 0 Å². The summed E-state index contributed by atoms with van der Waals surface area (Å²) >= 11 is 0. The number of aryl methyl sites for hydroxylation is 2. The van der Waals surface area contributed by atoms with Gasteiger partial charge in [0.2, 0.25) is 0 Å². The van der Waals surface area contributed by atoms with E-state index in [2.05, 4.69) is 0 Å². The van der Waals surface area contributed by atoms with Crippen molar-refractivity contribution >= 4 is 16.6 Å². The van der Waals surface area contributed by atoms with Gasteiger partial charge in [-0.1, -0.05) is 19.1 Å². The number of ketones is 1. The third kappa shape index (κ3) is 2.79. The molecule has 0 aliphatic heterocycles. The highest BCUT2D eigenvalue weighted by Crippen LogP contribution is 2.13. The standard InChI is InChI=1S/C13H18O2S/c1-5-16(15)11(4)13(14)12-7-6-9(2)10(3)8-12/h6-8,11H,5H2,1-4H3. The fraction of sp³-hybridized carbons (Fsp3) is 0.462. The summed E-state index contributed by atoms with van der Waals surface area (Å²) in [7, 11) is -1.06. The van der Waals surface area contributed by atoms with Crippen molar-refractivity contribution < 1.29 is 9.00 Å². The first-order chi connectivity index (χ1) is 7.47. The Labute approximate surface area is 99.5 Å². The summed E-state index contributed by atoms with van der Waals surface area (Å²) in [6.07, 6.45) is 0. The number of carbonyl (C=O) groups is 1. The van der Waals surface area contributed by atoms with Crippen molar-refractivity contribution in [1.29, 1.82) is 0 Å². The van der Waals surface area contributed by atoms with Gasteiger partial charge in [0.05, 0.1) is 5.25 Å². The Bertz CT molecular complexity index is 424. The molecule has 0 radical (unpaired) electrons. The minimum absolute atomic E-state index is 0.0247. The number of Topliss-reactive ketones (excluding diaryl/α,β-unsaturated/α-hetero) is 1. The van der Waals surface area contributed by atoms with Gasteiger partial charge in [0, 0.05) is 22.1 Å². The molecule has 16 heavy (non-hydrogen) atoms. The predicted octanol–water partition coefficient (Wildman–Crippen LogP) is 2.64. The molecule has 1 rings (SSSR count). The molecule has 0 spiro atoms. The summed E-state index contributed by atoms with van der Waals surface area (Å²) in [5, 5.41) is -0.410. The number of rotatable bonds is 4. The molecule has 2 unspecified atom stereocenters. The van der Waals surface area contributed by atoms with E-state index in [9.17, 15) is 9.00 Å². The van der Waals surface area contributed by atoms with E-state index >= 15 is 0 Å². The zero-order valence-corrected chi connectivity index (χ0v) is 11.1. The maximum absolute atomic E-state index is 12.0. The molecule has 0 N–H and O–H groups in total. The summed E-state index contributed by atoms with van der Waals surface area (Å²) in [4.78, 5) is 12.0. The Balaban J connectivity index is 2.97. The highest BCUT2D eigenvalue weighted by atomic mass is 32.2. The molecule has 0 aliphatic rings. The van der Waals surface area contributed by atoms with E-state index < -0.39 is 16.0 Å². The zero-order chi connectivity index (χ0) is 12.3. The first kappa shape index (κ1) is 13.1. The first-order valence-corrected chi connectivity index (χ1v) is 6.84. The average molecular weight is 238 g/mol. The molecule has 0 heterocycles. The number of benzene rings is 1. The Kier molecular flexibility index (Phi) is 4.42. The van der Waals surface area contributed by atoms with Gasteiger partial charge in [0.15, 0.2) is 5.78 Å². The monoisotopic (exact) mass is 238 g/mol. The Morgan fingerprint density at radius 2 is 1.94 bits per heavy atom. The second kappa shape index (κ2) is 5.39. The Hall–Kier alpha value is -0.960.